The van der Waals surface area contributed by atoms with E-state index in [0.717, 1.165) is 38.2 Å². The molecule has 7 heteroatoms. The van der Waals surface area contributed by atoms with Crippen molar-refractivity contribution in [2.45, 2.75) is 39.0 Å². The second kappa shape index (κ2) is 8.38. The summed E-state index contributed by atoms with van der Waals surface area (Å²) in [6, 6.07) is 0. The summed E-state index contributed by atoms with van der Waals surface area (Å²) in [6.45, 7) is 6.27. The summed E-state index contributed by atoms with van der Waals surface area (Å²) in [5, 5.41) is 2.95. The first-order valence-electron chi connectivity index (χ1n) is 9.24. The monoisotopic (exact) mass is 345 g/mol. The van der Waals surface area contributed by atoms with Crippen LogP contribution in [0.25, 0.3) is 0 Å². The third-order valence-corrected chi connectivity index (χ3v) is 4.88. The molecule has 3 heterocycles. The summed E-state index contributed by atoms with van der Waals surface area (Å²) in [7, 11) is 0. The summed E-state index contributed by atoms with van der Waals surface area (Å²) in [4.78, 5) is 37.4. The van der Waals surface area contributed by atoms with Gasteiger partial charge >= 0.3 is 0 Å². The molecule has 2 aliphatic heterocycles. The lowest BCUT2D eigenvalue weighted by Crippen LogP contribution is -2.43. The smallest absolute Gasteiger partial charge is 0.257 e. The maximum atomic E-state index is 12.7. The summed E-state index contributed by atoms with van der Waals surface area (Å²) in [6.07, 6.45) is 6.96. The van der Waals surface area contributed by atoms with E-state index in [0.29, 0.717) is 24.5 Å². The van der Waals surface area contributed by atoms with Crippen LogP contribution < -0.4 is 5.32 Å². The zero-order valence-corrected chi connectivity index (χ0v) is 15.0. The van der Waals surface area contributed by atoms with Crippen molar-refractivity contribution in [3.05, 3.63) is 23.3 Å². The molecule has 0 radical (unpaired) electrons. The molecule has 0 aromatic carbocycles. The van der Waals surface area contributed by atoms with E-state index in [9.17, 15) is 9.59 Å². The fourth-order valence-electron chi connectivity index (χ4n) is 3.51. The predicted octanol–water partition coefficient (Wildman–Crippen LogP) is 0.776. The van der Waals surface area contributed by atoms with Gasteiger partial charge in [0.1, 0.15) is 5.82 Å². The molecular weight excluding hydrogens is 318 g/mol. The van der Waals surface area contributed by atoms with Gasteiger partial charge in [-0.05, 0) is 45.7 Å². The Hall–Kier alpha value is -2.02. The molecule has 136 valence electrons. The van der Waals surface area contributed by atoms with E-state index < -0.39 is 0 Å². The highest BCUT2D eigenvalue weighted by atomic mass is 16.2. The first kappa shape index (κ1) is 17.8. The Kier molecular flexibility index (Phi) is 5.96. The summed E-state index contributed by atoms with van der Waals surface area (Å²) in [5.41, 5.74) is 1.33. The van der Waals surface area contributed by atoms with Crippen LogP contribution in [0.3, 0.4) is 0 Å². The number of fused-ring (bicyclic) bond motifs is 1. The highest BCUT2D eigenvalue weighted by molar-refractivity contribution is 5.97. The molecular formula is C18H27N5O2. The molecule has 2 amide bonds. The van der Waals surface area contributed by atoms with E-state index in [-0.39, 0.29) is 18.4 Å². The van der Waals surface area contributed by atoms with Gasteiger partial charge in [0.25, 0.3) is 5.91 Å². The number of nitrogens with zero attached hydrogens (tertiary/aromatic N) is 4. The zero-order valence-electron chi connectivity index (χ0n) is 15.0. The van der Waals surface area contributed by atoms with Crippen molar-refractivity contribution in [3.8, 4) is 0 Å². The van der Waals surface area contributed by atoms with E-state index in [1.807, 2.05) is 6.92 Å². The lowest BCUT2D eigenvalue weighted by Gasteiger charge is -2.26. The standard InChI is InChI=1S/C18H27N5O2/c1-14-20-12-15-16(21-14)6-5-10-23(18(15)25)13-17(24)19-7-11-22-8-3-2-4-9-22/h12H,2-11,13H2,1H3,(H,19,24). The number of piperidine rings is 1. The first-order valence-corrected chi connectivity index (χ1v) is 9.24. The Labute approximate surface area is 148 Å². The molecule has 1 saturated heterocycles. The van der Waals surface area contributed by atoms with Gasteiger partial charge in [-0.3, -0.25) is 9.59 Å². The van der Waals surface area contributed by atoms with Gasteiger partial charge < -0.3 is 15.1 Å². The number of hydrogen-bond acceptors (Lipinski definition) is 5. The normalized spacial score (nSPS) is 18.6. The molecule has 1 aromatic heterocycles. The average molecular weight is 345 g/mol. The van der Waals surface area contributed by atoms with Gasteiger partial charge in [0, 0.05) is 25.8 Å². The van der Waals surface area contributed by atoms with Crippen molar-refractivity contribution < 1.29 is 9.59 Å². The second-order valence-corrected chi connectivity index (χ2v) is 6.86. The molecule has 1 N–H and O–H groups in total. The van der Waals surface area contributed by atoms with Crippen molar-refractivity contribution in [1.29, 1.82) is 0 Å². The van der Waals surface area contributed by atoms with Crippen molar-refractivity contribution in [1.82, 2.24) is 25.1 Å². The molecule has 7 nitrogen and oxygen atoms in total. The van der Waals surface area contributed by atoms with Gasteiger partial charge in [0.15, 0.2) is 0 Å². The number of aryl methyl sites for hydroxylation is 2. The quantitative estimate of drug-likeness (QED) is 0.853. The number of nitrogens with one attached hydrogen (secondary N) is 1. The van der Waals surface area contributed by atoms with Crippen LogP contribution in [0.2, 0.25) is 0 Å². The molecule has 0 spiro atoms. The number of carbonyl (C=O) groups excluding carboxylic acids is 2. The fraction of sp³-hybridized carbons (Fsp3) is 0.667. The average Bonchev–Trinajstić information content (AvgIpc) is 2.75. The number of amides is 2. The topological polar surface area (TPSA) is 78.4 Å². The summed E-state index contributed by atoms with van der Waals surface area (Å²) < 4.78 is 0. The molecule has 0 aliphatic carbocycles. The Morgan fingerprint density at radius 1 is 1.20 bits per heavy atom. The minimum Gasteiger partial charge on any atom is -0.353 e. The van der Waals surface area contributed by atoms with Crippen molar-refractivity contribution in [3.63, 3.8) is 0 Å². The Morgan fingerprint density at radius 3 is 2.80 bits per heavy atom. The molecule has 1 aromatic rings. The maximum Gasteiger partial charge on any atom is 0.257 e. The van der Waals surface area contributed by atoms with E-state index in [1.54, 1.807) is 11.1 Å². The van der Waals surface area contributed by atoms with Gasteiger partial charge in [0.2, 0.25) is 5.91 Å². The number of rotatable bonds is 5. The molecule has 2 aliphatic rings. The van der Waals surface area contributed by atoms with Gasteiger partial charge in [0.05, 0.1) is 17.8 Å². The lowest BCUT2D eigenvalue weighted by molar-refractivity contribution is -0.121. The first-order chi connectivity index (χ1) is 12.1. The van der Waals surface area contributed by atoms with E-state index in [1.165, 1.54) is 19.3 Å². The van der Waals surface area contributed by atoms with E-state index in [2.05, 4.69) is 20.2 Å². The SMILES string of the molecule is Cc1ncc2c(n1)CCCN(CC(=O)NCCN1CCCCC1)C2=O. The third kappa shape index (κ3) is 4.75. The van der Waals surface area contributed by atoms with Gasteiger partial charge in [-0.2, -0.15) is 0 Å². The number of hydrogen-bond donors (Lipinski definition) is 1. The predicted molar refractivity (Wildman–Crippen MR) is 94.3 cm³/mol. The Balaban J connectivity index is 1.50. The van der Waals surface area contributed by atoms with Crippen LogP contribution in [0, 0.1) is 6.92 Å². The van der Waals surface area contributed by atoms with Gasteiger partial charge in [-0.1, -0.05) is 6.42 Å². The van der Waals surface area contributed by atoms with Crippen LogP contribution in [0.1, 0.15) is 47.6 Å². The molecule has 3 rings (SSSR count). The minimum absolute atomic E-state index is 0.0955. The summed E-state index contributed by atoms with van der Waals surface area (Å²) >= 11 is 0. The van der Waals surface area contributed by atoms with Crippen LogP contribution >= 0.6 is 0 Å². The second-order valence-electron chi connectivity index (χ2n) is 6.86. The van der Waals surface area contributed by atoms with Gasteiger partial charge in [-0.25, -0.2) is 9.97 Å². The van der Waals surface area contributed by atoms with Crippen molar-refractivity contribution >= 4 is 11.8 Å². The molecule has 0 bridgehead atoms. The van der Waals surface area contributed by atoms with Crippen molar-refractivity contribution in [2.75, 3.05) is 39.3 Å². The van der Waals surface area contributed by atoms with Gasteiger partial charge in [-0.15, -0.1) is 0 Å². The maximum absolute atomic E-state index is 12.7. The Morgan fingerprint density at radius 2 is 2.00 bits per heavy atom. The molecule has 0 saturated carbocycles. The minimum atomic E-state index is -0.140. The van der Waals surface area contributed by atoms with E-state index >= 15 is 0 Å². The fourth-order valence-corrected chi connectivity index (χ4v) is 3.51. The van der Waals surface area contributed by atoms with Crippen LogP contribution in [-0.4, -0.2) is 70.9 Å². The zero-order chi connectivity index (χ0) is 17.6. The molecule has 0 unspecified atom stereocenters. The summed E-state index contributed by atoms with van der Waals surface area (Å²) in [5.74, 6) is 0.441. The van der Waals surface area contributed by atoms with Crippen molar-refractivity contribution in [2.24, 2.45) is 0 Å². The number of carbonyl (C=O) groups is 2. The lowest BCUT2D eigenvalue weighted by atomic mass is 10.1. The highest BCUT2D eigenvalue weighted by Gasteiger charge is 2.25. The molecule has 25 heavy (non-hydrogen) atoms. The number of likely N-dealkylation sites (tertiary alicyclic amines) is 1. The van der Waals surface area contributed by atoms with E-state index in [4.69, 9.17) is 0 Å². The third-order valence-electron chi connectivity index (χ3n) is 4.88. The van der Waals surface area contributed by atoms with Crippen LogP contribution in [-0.2, 0) is 11.2 Å². The Bertz CT molecular complexity index is 628. The largest absolute Gasteiger partial charge is 0.353 e. The van der Waals surface area contributed by atoms with Crippen LogP contribution in [0.5, 0.6) is 0 Å². The van der Waals surface area contributed by atoms with Crippen LogP contribution in [0.4, 0.5) is 0 Å². The highest BCUT2D eigenvalue weighted by Crippen LogP contribution is 2.16. The molecule has 1 fully saturated rings. The van der Waals surface area contributed by atoms with Crippen LogP contribution in [0.15, 0.2) is 6.20 Å². The number of aromatic nitrogens is 2. The molecule has 0 atom stereocenters.